The Labute approximate surface area is 99.0 Å². The van der Waals surface area contributed by atoms with Crippen LogP contribution in [0.5, 0.6) is 11.5 Å². The van der Waals surface area contributed by atoms with Crippen molar-refractivity contribution in [1.82, 2.24) is 0 Å². The summed E-state index contributed by atoms with van der Waals surface area (Å²) in [6.07, 6.45) is 0. The molecule has 0 aromatic heterocycles. The fourth-order valence-electron chi connectivity index (χ4n) is 1.72. The Bertz CT molecular complexity index is 623. The van der Waals surface area contributed by atoms with E-state index in [-0.39, 0.29) is 10.8 Å². The average molecular weight is 250 g/mol. The molecule has 8 nitrogen and oxygen atoms in total. The Morgan fingerprint density at radius 1 is 0.833 bits per heavy atom. The Hall–Kier alpha value is -2.90. The molecular formula is C10H6N2O6. The maximum Gasteiger partial charge on any atom is 0.391 e. The summed E-state index contributed by atoms with van der Waals surface area (Å²) in [4.78, 5) is 19.4. The molecule has 0 bridgehead atoms. The highest BCUT2D eigenvalue weighted by Gasteiger charge is 2.36. The number of nitro benzene ring substituents is 2. The third kappa shape index (κ3) is 1.47. The largest absolute Gasteiger partial charge is 0.501 e. The SMILES string of the molecule is O=[N+]([O-])c1c([N+](=O)[O-])c(O)c2ccccc2c1O. The van der Waals surface area contributed by atoms with Crippen LogP contribution in [-0.2, 0) is 0 Å². The first-order valence-corrected chi connectivity index (χ1v) is 4.70. The minimum absolute atomic E-state index is 0.0210. The summed E-state index contributed by atoms with van der Waals surface area (Å²) in [5.41, 5.74) is -2.23. The predicted octanol–water partition coefficient (Wildman–Crippen LogP) is 2.07. The second-order valence-corrected chi connectivity index (χ2v) is 3.45. The van der Waals surface area contributed by atoms with Gasteiger partial charge in [-0.1, -0.05) is 24.3 Å². The average Bonchev–Trinajstić information content (AvgIpc) is 2.32. The summed E-state index contributed by atoms with van der Waals surface area (Å²) >= 11 is 0. The summed E-state index contributed by atoms with van der Waals surface area (Å²) in [6.45, 7) is 0. The Morgan fingerprint density at radius 2 is 1.17 bits per heavy atom. The van der Waals surface area contributed by atoms with Gasteiger partial charge in [0.05, 0.1) is 9.85 Å². The highest BCUT2D eigenvalue weighted by molar-refractivity contribution is 6.00. The first-order valence-electron chi connectivity index (χ1n) is 4.70. The quantitative estimate of drug-likeness (QED) is 0.477. The van der Waals surface area contributed by atoms with Gasteiger partial charge >= 0.3 is 11.4 Å². The van der Waals surface area contributed by atoms with Crippen molar-refractivity contribution in [3.05, 3.63) is 44.5 Å². The maximum absolute atomic E-state index is 10.8. The van der Waals surface area contributed by atoms with Gasteiger partial charge < -0.3 is 10.2 Å². The number of fused-ring (bicyclic) bond motifs is 1. The Kier molecular flexibility index (Phi) is 2.47. The van der Waals surface area contributed by atoms with Crippen molar-refractivity contribution in [3.63, 3.8) is 0 Å². The van der Waals surface area contributed by atoms with E-state index in [9.17, 15) is 30.4 Å². The number of phenols is 2. The number of rotatable bonds is 2. The molecule has 0 radical (unpaired) electrons. The number of hydrogen-bond donors (Lipinski definition) is 2. The van der Waals surface area contributed by atoms with Gasteiger partial charge in [-0.15, -0.1) is 0 Å². The minimum atomic E-state index is -1.11. The van der Waals surface area contributed by atoms with Crippen LogP contribution in [0.15, 0.2) is 24.3 Å². The molecule has 0 heterocycles. The van der Waals surface area contributed by atoms with Gasteiger partial charge in [0.15, 0.2) is 0 Å². The fraction of sp³-hybridized carbons (Fsp3) is 0. The molecule has 0 aliphatic rings. The van der Waals surface area contributed by atoms with Gasteiger partial charge in [-0.05, 0) is 0 Å². The molecule has 2 aromatic rings. The van der Waals surface area contributed by atoms with E-state index in [0.29, 0.717) is 0 Å². The predicted molar refractivity (Wildman–Crippen MR) is 60.6 cm³/mol. The molecule has 18 heavy (non-hydrogen) atoms. The number of phenolic OH excluding ortho intramolecular Hbond substituents is 2. The van der Waals surface area contributed by atoms with E-state index >= 15 is 0 Å². The standard InChI is InChI=1S/C10H6N2O6/c13-9-5-3-1-2-4-6(5)10(14)8(12(17)18)7(9)11(15)16/h1-4,13-14H. The van der Waals surface area contributed by atoms with E-state index in [1.165, 1.54) is 24.3 Å². The van der Waals surface area contributed by atoms with Crippen molar-refractivity contribution in [2.75, 3.05) is 0 Å². The molecule has 0 atom stereocenters. The van der Waals surface area contributed by atoms with Gasteiger partial charge in [0.1, 0.15) is 0 Å². The molecular weight excluding hydrogens is 244 g/mol. The zero-order chi connectivity index (χ0) is 13.4. The van der Waals surface area contributed by atoms with Crippen molar-refractivity contribution in [3.8, 4) is 11.5 Å². The summed E-state index contributed by atoms with van der Waals surface area (Å²) in [7, 11) is 0. The monoisotopic (exact) mass is 250 g/mol. The lowest BCUT2D eigenvalue weighted by Crippen LogP contribution is -1.98. The summed E-state index contributed by atoms with van der Waals surface area (Å²) in [6, 6.07) is 5.61. The van der Waals surface area contributed by atoms with Gasteiger partial charge in [-0.3, -0.25) is 20.2 Å². The van der Waals surface area contributed by atoms with Crippen LogP contribution in [0.25, 0.3) is 10.8 Å². The van der Waals surface area contributed by atoms with Crippen molar-refractivity contribution in [2.24, 2.45) is 0 Å². The second-order valence-electron chi connectivity index (χ2n) is 3.45. The Balaban J connectivity index is 3.06. The molecule has 2 aromatic carbocycles. The lowest BCUT2D eigenvalue weighted by molar-refractivity contribution is -0.423. The van der Waals surface area contributed by atoms with Crippen LogP contribution in [0.1, 0.15) is 0 Å². The first-order chi connectivity index (χ1) is 8.45. The van der Waals surface area contributed by atoms with Crippen LogP contribution in [0, 0.1) is 20.2 Å². The fourth-order valence-corrected chi connectivity index (χ4v) is 1.72. The highest BCUT2D eigenvalue weighted by Crippen LogP contribution is 2.48. The van der Waals surface area contributed by atoms with E-state index in [0.717, 1.165) is 0 Å². The van der Waals surface area contributed by atoms with Crippen LogP contribution in [0.3, 0.4) is 0 Å². The van der Waals surface area contributed by atoms with Crippen LogP contribution < -0.4 is 0 Å². The number of aromatic hydroxyl groups is 2. The second kappa shape index (κ2) is 3.84. The molecule has 0 aliphatic heterocycles. The lowest BCUT2D eigenvalue weighted by Gasteiger charge is -2.05. The first kappa shape index (κ1) is 11.6. The molecule has 8 heteroatoms. The molecule has 0 saturated heterocycles. The maximum atomic E-state index is 10.8. The normalized spacial score (nSPS) is 10.4. The van der Waals surface area contributed by atoms with E-state index in [4.69, 9.17) is 0 Å². The smallest absolute Gasteiger partial charge is 0.391 e. The van der Waals surface area contributed by atoms with Gasteiger partial charge in [0, 0.05) is 10.8 Å². The van der Waals surface area contributed by atoms with Gasteiger partial charge in [-0.2, -0.15) is 0 Å². The molecule has 0 amide bonds. The zero-order valence-electron chi connectivity index (χ0n) is 8.73. The van der Waals surface area contributed by atoms with Crippen LogP contribution >= 0.6 is 0 Å². The number of nitrogens with zero attached hydrogens (tertiary/aromatic N) is 2. The molecule has 0 spiro atoms. The van der Waals surface area contributed by atoms with E-state index in [2.05, 4.69) is 0 Å². The summed E-state index contributed by atoms with van der Waals surface area (Å²) in [5.74, 6) is -1.67. The molecule has 0 saturated carbocycles. The highest BCUT2D eigenvalue weighted by atomic mass is 16.6. The molecule has 0 aliphatic carbocycles. The van der Waals surface area contributed by atoms with E-state index in [1.54, 1.807) is 0 Å². The number of benzene rings is 2. The lowest BCUT2D eigenvalue weighted by atomic mass is 10.1. The van der Waals surface area contributed by atoms with Gasteiger partial charge in [0.25, 0.3) is 0 Å². The molecule has 92 valence electrons. The molecule has 0 fully saturated rings. The van der Waals surface area contributed by atoms with Crippen LogP contribution in [-0.4, -0.2) is 20.1 Å². The topological polar surface area (TPSA) is 127 Å². The van der Waals surface area contributed by atoms with Gasteiger partial charge in [-0.25, -0.2) is 0 Å². The minimum Gasteiger partial charge on any atom is -0.501 e. The number of nitro groups is 2. The molecule has 0 unspecified atom stereocenters. The van der Waals surface area contributed by atoms with Crippen molar-refractivity contribution < 1.29 is 20.1 Å². The zero-order valence-corrected chi connectivity index (χ0v) is 8.73. The van der Waals surface area contributed by atoms with E-state index in [1.807, 2.05) is 0 Å². The summed E-state index contributed by atoms with van der Waals surface area (Å²) < 4.78 is 0. The van der Waals surface area contributed by atoms with Crippen molar-refractivity contribution in [2.45, 2.75) is 0 Å². The van der Waals surface area contributed by atoms with Crippen LogP contribution in [0.4, 0.5) is 11.4 Å². The summed E-state index contributed by atoms with van der Waals surface area (Å²) in [5, 5.41) is 40.9. The van der Waals surface area contributed by atoms with Gasteiger partial charge in [0.2, 0.25) is 11.5 Å². The third-order valence-corrected chi connectivity index (χ3v) is 2.48. The Morgan fingerprint density at radius 3 is 1.44 bits per heavy atom. The van der Waals surface area contributed by atoms with E-state index < -0.39 is 32.7 Å². The molecule has 2 rings (SSSR count). The van der Waals surface area contributed by atoms with Crippen LogP contribution in [0.2, 0.25) is 0 Å². The van der Waals surface area contributed by atoms with Crippen molar-refractivity contribution >= 4 is 22.1 Å². The number of hydrogen-bond acceptors (Lipinski definition) is 6. The molecule has 2 N–H and O–H groups in total. The third-order valence-electron chi connectivity index (χ3n) is 2.48. The van der Waals surface area contributed by atoms with Crippen molar-refractivity contribution in [1.29, 1.82) is 0 Å².